The van der Waals surface area contributed by atoms with Gasteiger partial charge >= 0.3 is 11.9 Å². The van der Waals surface area contributed by atoms with Crippen molar-refractivity contribution in [1.29, 1.82) is 0 Å². The molecule has 0 amide bonds. The van der Waals surface area contributed by atoms with Gasteiger partial charge in [0.25, 0.3) is 0 Å². The van der Waals surface area contributed by atoms with Crippen LogP contribution in [0.5, 0.6) is 0 Å². The summed E-state index contributed by atoms with van der Waals surface area (Å²) >= 11 is 0. The van der Waals surface area contributed by atoms with Crippen LogP contribution in [0.15, 0.2) is 24.3 Å². The summed E-state index contributed by atoms with van der Waals surface area (Å²) in [7, 11) is 0. The molecular formula is C25H38O4. The quantitative estimate of drug-likeness (QED) is 0.271. The first-order chi connectivity index (χ1) is 14.1. The number of ether oxygens (including phenoxy) is 2. The minimum Gasteiger partial charge on any atom is -0.462 e. The van der Waals surface area contributed by atoms with Crippen molar-refractivity contribution in [3.05, 3.63) is 35.4 Å². The number of rotatable bonds is 13. The van der Waals surface area contributed by atoms with Crippen molar-refractivity contribution in [3.8, 4) is 0 Å². The van der Waals surface area contributed by atoms with E-state index in [2.05, 4.69) is 6.92 Å². The molecule has 0 radical (unpaired) electrons. The highest BCUT2D eigenvalue weighted by Crippen LogP contribution is 2.29. The second-order valence-corrected chi connectivity index (χ2v) is 8.31. The summed E-state index contributed by atoms with van der Waals surface area (Å²) in [5, 5.41) is 0. The van der Waals surface area contributed by atoms with Gasteiger partial charge in [-0.25, -0.2) is 9.59 Å². The molecule has 1 aliphatic carbocycles. The van der Waals surface area contributed by atoms with Crippen LogP contribution in [0.2, 0.25) is 0 Å². The van der Waals surface area contributed by atoms with Crippen LogP contribution in [0, 0.1) is 5.92 Å². The van der Waals surface area contributed by atoms with Crippen molar-refractivity contribution in [1.82, 2.24) is 0 Å². The standard InChI is InChI=1S/C25H38O4/c1-3-4-5-6-7-8-9-14-19-28-24(26)22-17-12-13-18-23(22)25(27)29-20(2)21-15-10-11-16-21/h12-13,17-18,20-21H,3-11,14-16,19H2,1-2H3. The third kappa shape index (κ3) is 8.20. The van der Waals surface area contributed by atoms with E-state index in [9.17, 15) is 9.59 Å². The van der Waals surface area contributed by atoms with E-state index >= 15 is 0 Å². The predicted molar refractivity (Wildman–Crippen MR) is 116 cm³/mol. The monoisotopic (exact) mass is 402 g/mol. The molecule has 1 fully saturated rings. The Kier molecular flexibility index (Phi) is 10.8. The molecule has 0 N–H and O–H groups in total. The molecule has 0 saturated heterocycles. The van der Waals surface area contributed by atoms with E-state index in [0.717, 1.165) is 25.7 Å². The van der Waals surface area contributed by atoms with Crippen molar-refractivity contribution in [2.24, 2.45) is 5.92 Å². The number of hydrogen-bond acceptors (Lipinski definition) is 4. The molecule has 2 rings (SSSR count). The van der Waals surface area contributed by atoms with Gasteiger partial charge in [0.2, 0.25) is 0 Å². The molecular weight excluding hydrogens is 364 g/mol. The van der Waals surface area contributed by atoms with Crippen LogP contribution in [-0.2, 0) is 9.47 Å². The van der Waals surface area contributed by atoms with Crippen LogP contribution >= 0.6 is 0 Å². The van der Waals surface area contributed by atoms with Crippen molar-refractivity contribution < 1.29 is 19.1 Å². The topological polar surface area (TPSA) is 52.6 Å². The Hall–Kier alpha value is -1.84. The highest BCUT2D eigenvalue weighted by atomic mass is 16.5. The van der Waals surface area contributed by atoms with Crippen molar-refractivity contribution >= 4 is 11.9 Å². The summed E-state index contributed by atoms with van der Waals surface area (Å²) in [4.78, 5) is 25.1. The first-order valence-electron chi connectivity index (χ1n) is 11.6. The molecule has 0 aliphatic heterocycles. The van der Waals surface area contributed by atoms with E-state index in [1.54, 1.807) is 24.3 Å². The summed E-state index contributed by atoms with van der Waals surface area (Å²) in [5.41, 5.74) is 0.606. The maximum Gasteiger partial charge on any atom is 0.339 e. The molecule has 162 valence electrons. The highest BCUT2D eigenvalue weighted by molar-refractivity contribution is 6.03. The van der Waals surface area contributed by atoms with E-state index in [1.165, 1.54) is 51.4 Å². The van der Waals surface area contributed by atoms with Crippen LogP contribution in [0.1, 0.15) is 112 Å². The molecule has 1 atom stereocenters. The third-order valence-electron chi connectivity index (χ3n) is 5.95. The van der Waals surface area contributed by atoms with E-state index in [1.807, 2.05) is 6.92 Å². The Morgan fingerprint density at radius 1 is 0.897 bits per heavy atom. The molecule has 1 unspecified atom stereocenters. The summed E-state index contributed by atoms with van der Waals surface area (Å²) < 4.78 is 11.1. The Labute approximate surface area is 176 Å². The molecule has 1 aromatic carbocycles. The molecule has 0 bridgehead atoms. The normalized spacial score (nSPS) is 15.2. The number of hydrogen-bond donors (Lipinski definition) is 0. The molecule has 1 aliphatic rings. The van der Waals surface area contributed by atoms with Crippen molar-refractivity contribution in [3.63, 3.8) is 0 Å². The molecule has 4 heteroatoms. The van der Waals surface area contributed by atoms with Crippen LogP contribution in [0.3, 0.4) is 0 Å². The summed E-state index contributed by atoms with van der Waals surface area (Å²) in [6.45, 7) is 4.58. The summed E-state index contributed by atoms with van der Waals surface area (Å²) in [6, 6.07) is 6.81. The fraction of sp³-hybridized carbons (Fsp3) is 0.680. The number of carbonyl (C=O) groups is 2. The zero-order valence-electron chi connectivity index (χ0n) is 18.3. The van der Waals surface area contributed by atoms with Gasteiger partial charge in [-0.1, -0.05) is 76.8 Å². The average molecular weight is 403 g/mol. The van der Waals surface area contributed by atoms with Crippen LogP contribution in [-0.4, -0.2) is 24.6 Å². The molecule has 0 spiro atoms. The average Bonchev–Trinajstić information content (AvgIpc) is 3.27. The van der Waals surface area contributed by atoms with Gasteiger partial charge in [0, 0.05) is 0 Å². The zero-order valence-corrected chi connectivity index (χ0v) is 18.3. The van der Waals surface area contributed by atoms with Gasteiger partial charge in [-0.15, -0.1) is 0 Å². The van der Waals surface area contributed by atoms with Gasteiger partial charge < -0.3 is 9.47 Å². The third-order valence-corrected chi connectivity index (χ3v) is 5.95. The maximum atomic E-state index is 12.6. The zero-order chi connectivity index (χ0) is 20.9. The van der Waals surface area contributed by atoms with Gasteiger partial charge in [0.05, 0.1) is 17.7 Å². The van der Waals surface area contributed by atoms with Gasteiger partial charge in [0.15, 0.2) is 0 Å². The smallest absolute Gasteiger partial charge is 0.339 e. The lowest BCUT2D eigenvalue weighted by molar-refractivity contribution is 0.0196. The minimum absolute atomic E-state index is 0.119. The minimum atomic E-state index is -0.436. The van der Waals surface area contributed by atoms with E-state index in [4.69, 9.17) is 9.47 Å². The maximum absolute atomic E-state index is 12.6. The van der Waals surface area contributed by atoms with E-state index in [-0.39, 0.29) is 6.10 Å². The Morgan fingerprint density at radius 2 is 1.45 bits per heavy atom. The predicted octanol–water partition coefficient (Wildman–Crippen LogP) is 6.72. The highest BCUT2D eigenvalue weighted by Gasteiger charge is 2.26. The first-order valence-corrected chi connectivity index (χ1v) is 11.6. The largest absolute Gasteiger partial charge is 0.462 e. The second kappa shape index (κ2) is 13.4. The summed E-state index contributed by atoms with van der Waals surface area (Å²) in [5.74, 6) is -0.432. The van der Waals surface area contributed by atoms with Crippen molar-refractivity contribution in [2.45, 2.75) is 97.0 Å². The van der Waals surface area contributed by atoms with Crippen LogP contribution in [0.25, 0.3) is 0 Å². The van der Waals surface area contributed by atoms with Gasteiger partial charge in [-0.3, -0.25) is 0 Å². The van der Waals surface area contributed by atoms with E-state index in [0.29, 0.717) is 23.7 Å². The Balaban J connectivity index is 1.75. The molecule has 4 nitrogen and oxygen atoms in total. The number of unbranched alkanes of at least 4 members (excludes halogenated alkanes) is 7. The lowest BCUT2D eigenvalue weighted by atomic mass is 10.0. The number of benzene rings is 1. The van der Waals surface area contributed by atoms with Gasteiger partial charge in [-0.05, 0) is 44.2 Å². The van der Waals surface area contributed by atoms with Gasteiger partial charge in [0.1, 0.15) is 6.10 Å². The van der Waals surface area contributed by atoms with E-state index < -0.39 is 11.9 Å². The first kappa shape index (κ1) is 23.4. The lowest BCUT2D eigenvalue weighted by Crippen LogP contribution is -2.23. The number of esters is 2. The fourth-order valence-corrected chi connectivity index (χ4v) is 4.07. The fourth-order valence-electron chi connectivity index (χ4n) is 4.07. The second-order valence-electron chi connectivity index (χ2n) is 8.31. The molecule has 0 heterocycles. The van der Waals surface area contributed by atoms with Crippen LogP contribution in [0.4, 0.5) is 0 Å². The molecule has 0 aromatic heterocycles. The van der Waals surface area contributed by atoms with Crippen LogP contribution < -0.4 is 0 Å². The Bertz CT molecular complexity index is 619. The number of carbonyl (C=O) groups excluding carboxylic acids is 2. The lowest BCUT2D eigenvalue weighted by Gasteiger charge is -2.20. The molecule has 29 heavy (non-hydrogen) atoms. The summed E-state index contributed by atoms with van der Waals surface area (Å²) in [6.07, 6.45) is 14.1. The molecule has 1 aromatic rings. The Morgan fingerprint density at radius 3 is 2.07 bits per heavy atom. The van der Waals surface area contributed by atoms with Gasteiger partial charge in [-0.2, -0.15) is 0 Å². The van der Waals surface area contributed by atoms with Crippen molar-refractivity contribution in [2.75, 3.05) is 6.61 Å². The SMILES string of the molecule is CCCCCCCCCCOC(=O)c1ccccc1C(=O)OC(C)C1CCCC1. The molecule has 1 saturated carbocycles.